The van der Waals surface area contributed by atoms with E-state index in [0.29, 0.717) is 11.7 Å². The maximum absolute atomic E-state index is 13.1. The number of anilines is 1. The minimum atomic E-state index is 0.0974. The average Bonchev–Trinajstić information content (AvgIpc) is 2.98. The van der Waals surface area contributed by atoms with Crippen LogP contribution in [0.5, 0.6) is 0 Å². The zero-order valence-corrected chi connectivity index (χ0v) is 17.0. The molecule has 0 unspecified atom stereocenters. The second kappa shape index (κ2) is 7.05. The Labute approximate surface area is 168 Å². The van der Waals surface area contributed by atoms with Gasteiger partial charge in [0.05, 0.1) is 11.0 Å². The number of carbonyl (C=O) groups excluding carboxylic acids is 1. The summed E-state index contributed by atoms with van der Waals surface area (Å²) < 4.78 is 1.81. The van der Waals surface area contributed by atoms with Crippen LogP contribution < -0.4 is 5.73 Å². The van der Waals surface area contributed by atoms with Gasteiger partial charge in [-0.2, -0.15) is 0 Å². The van der Waals surface area contributed by atoms with E-state index in [0.717, 1.165) is 53.7 Å². The molecule has 1 aliphatic heterocycles. The highest BCUT2D eigenvalue weighted by Gasteiger charge is 2.28. The second-order valence-corrected chi connectivity index (χ2v) is 8.05. The van der Waals surface area contributed by atoms with Gasteiger partial charge in [-0.25, -0.2) is 15.0 Å². The fraction of sp³-hybridized carbons (Fsp3) is 0.400. The molecule has 1 amide bonds. The lowest BCUT2D eigenvalue weighted by molar-refractivity contribution is 0.0650. The molecule has 0 atom stereocenters. The molecule has 0 bridgehead atoms. The summed E-state index contributed by atoms with van der Waals surface area (Å²) in [5, 5.41) is 0.283. The van der Waals surface area contributed by atoms with E-state index < -0.39 is 0 Å². The zero-order valence-electron chi connectivity index (χ0n) is 16.2. The summed E-state index contributed by atoms with van der Waals surface area (Å²) >= 11 is 6.34. The van der Waals surface area contributed by atoms with Gasteiger partial charge in [0, 0.05) is 18.7 Å². The number of carbonyl (C=O) groups is 1. The quantitative estimate of drug-likeness (QED) is 0.727. The number of nitrogens with two attached hydrogens (primary N) is 1. The Morgan fingerprint density at radius 3 is 2.68 bits per heavy atom. The molecule has 7 nitrogen and oxygen atoms in total. The van der Waals surface area contributed by atoms with E-state index in [1.807, 2.05) is 22.5 Å². The van der Waals surface area contributed by atoms with E-state index in [1.54, 1.807) is 6.33 Å². The third-order valence-corrected chi connectivity index (χ3v) is 5.50. The summed E-state index contributed by atoms with van der Waals surface area (Å²) in [7, 11) is 0. The number of hydrogen-bond donors (Lipinski definition) is 1. The fourth-order valence-electron chi connectivity index (χ4n) is 3.65. The van der Waals surface area contributed by atoms with Gasteiger partial charge in [-0.15, -0.1) is 0 Å². The molecular weight excluding hydrogens is 376 g/mol. The first-order valence-electron chi connectivity index (χ1n) is 9.43. The molecule has 0 aliphatic carbocycles. The largest absolute Gasteiger partial charge is 0.382 e. The Kier molecular flexibility index (Phi) is 4.71. The van der Waals surface area contributed by atoms with Crippen LogP contribution in [0.3, 0.4) is 0 Å². The molecule has 2 N–H and O–H groups in total. The van der Waals surface area contributed by atoms with Crippen LogP contribution in [0.25, 0.3) is 16.9 Å². The van der Waals surface area contributed by atoms with Crippen LogP contribution in [0, 0.1) is 12.8 Å². The van der Waals surface area contributed by atoms with Gasteiger partial charge < -0.3 is 10.6 Å². The highest BCUT2D eigenvalue weighted by Crippen LogP contribution is 2.32. The van der Waals surface area contributed by atoms with Gasteiger partial charge in [-0.05, 0) is 42.9 Å². The normalized spacial score (nSPS) is 14.0. The van der Waals surface area contributed by atoms with Crippen LogP contribution in [-0.4, -0.2) is 43.4 Å². The van der Waals surface area contributed by atoms with E-state index in [9.17, 15) is 4.79 Å². The van der Waals surface area contributed by atoms with Crippen LogP contribution in [0.1, 0.15) is 41.8 Å². The van der Waals surface area contributed by atoms with Gasteiger partial charge in [0.15, 0.2) is 5.82 Å². The minimum Gasteiger partial charge on any atom is -0.382 e. The van der Waals surface area contributed by atoms with Gasteiger partial charge in [-0.3, -0.25) is 9.36 Å². The van der Waals surface area contributed by atoms with Gasteiger partial charge in [0.2, 0.25) is 0 Å². The van der Waals surface area contributed by atoms with Crippen molar-refractivity contribution in [1.29, 1.82) is 0 Å². The molecule has 3 heterocycles. The van der Waals surface area contributed by atoms with E-state index in [4.69, 9.17) is 17.3 Å². The molecule has 4 rings (SSSR count). The molecule has 1 aliphatic rings. The molecule has 1 aromatic carbocycles. The molecule has 0 spiro atoms. The number of nitrogen functional groups attached to an aromatic ring is 1. The van der Waals surface area contributed by atoms with E-state index in [-0.39, 0.29) is 16.7 Å². The van der Waals surface area contributed by atoms with Crippen molar-refractivity contribution in [2.24, 2.45) is 5.92 Å². The summed E-state index contributed by atoms with van der Waals surface area (Å²) in [6.07, 6.45) is 4.89. The Morgan fingerprint density at radius 2 is 2.04 bits per heavy atom. The third-order valence-electron chi connectivity index (χ3n) is 5.14. The Balaban J connectivity index is 1.95. The average molecular weight is 399 g/mol. The van der Waals surface area contributed by atoms with Crippen molar-refractivity contribution in [3.8, 4) is 5.82 Å². The van der Waals surface area contributed by atoms with Crippen molar-refractivity contribution in [1.82, 2.24) is 24.4 Å². The maximum atomic E-state index is 13.1. The molecule has 3 aromatic rings. The third kappa shape index (κ3) is 2.99. The van der Waals surface area contributed by atoms with Crippen LogP contribution in [0.4, 0.5) is 5.82 Å². The molecule has 8 heteroatoms. The topological polar surface area (TPSA) is 89.9 Å². The van der Waals surface area contributed by atoms with Crippen molar-refractivity contribution in [2.75, 3.05) is 18.8 Å². The maximum Gasteiger partial charge on any atom is 0.254 e. The standard InChI is InChI=1S/C20H23ClN6O/c1-11(2)7-13-15(20(28)26-5-4-6-26)12(3)8-14-17(13)25-10-27(14)19-16(21)18(22)23-9-24-19/h8-11H,4-7H2,1-3H3,(H2,22,23,24). The zero-order chi connectivity index (χ0) is 20.0. The molecule has 0 radical (unpaired) electrons. The lowest BCUT2D eigenvalue weighted by Gasteiger charge is -2.32. The van der Waals surface area contributed by atoms with Gasteiger partial charge in [0.1, 0.15) is 23.5 Å². The number of benzene rings is 1. The molecule has 28 heavy (non-hydrogen) atoms. The second-order valence-electron chi connectivity index (χ2n) is 7.67. The number of amides is 1. The first-order chi connectivity index (χ1) is 13.4. The Bertz CT molecular complexity index is 1070. The van der Waals surface area contributed by atoms with Crippen molar-refractivity contribution < 1.29 is 4.79 Å². The van der Waals surface area contributed by atoms with Crippen molar-refractivity contribution in [3.05, 3.63) is 40.4 Å². The Hall–Kier alpha value is -2.67. The van der Waals surface area contributed by atoms with Crippen LogP contribution in [0.2, 0.25) is 5.02 Å². The number of hydrogen-bond acceptors (Lipinski definition) is 5. The van der Waals surface area contributed by atoms with Gasteiger partial charge in [0.25, 0.3) is 5.91 Å². The smallest absolute Gasteiger partial charge is 0.254 e. The van der Waals surface area contributed by atoms with Crippen LogP contribution in [-0.2, 0) is 6.42 Å². The number of aromatic nitrogens is 4. The number of likely N-dealkylation sites (tertiary alicyclic amines) is 1. The minimum absolute atomic E-state index is 0.0974. The molecule has 1 saturated heterocycles. The highest BCUT2D eigenvalue weighted by molar-refractivity contribution is 6.34. The lowest BCUT2D eigenvalue weighted by Crippen LogP contribution is -2.42. The number of imidazole rings is 1. The summed E-state index contributed by atoms with van der Waals surface area (Å²) in [5.41, 5.74) is 10.2. The summed E-state index contributed by atoms with van der Waals surface area (Å²) in [5.74, 6) is 1.18. The summed E-state index contributed by atoms with van der Waals surface area (Å²) in [4.78, 5) is 27.9. The van der Waals surface area contributed by atoms with Gasteiger partial charge in [-0.1, -0.05) is 25.4 Å². The van der Waals surface area contributed by atoms with E-state index in [1.165, 1.54) is 6.33 Å². The van der Waals surface area contributed by atoms with Crippen LogP contribution >= 0.6 is 11.6 Å². The lowest BCUT2D eigenvalue weighted by atomic mass is 9.92. The Morgan fingerprint density at radius 1 is 1.29 bits per heavy atom. The number of rotatable bonds is 4. The molecule has 0 saturated carbocycles. The van der Waals surface area contributed by atoms with Crippen molar-refractivity contribution >= 4 is 34.4 Å². The number of nitrogens with zero attached hydrogens (tertiary/aromatic N) is 5. The first-order valence-corrected chi connectivity index (χ1v) is 9.81. The number of halogens is 1. The van der Waals surface area contributed by atoms with E-state index in [2.05, 4.69) is 28.8 Å². The fourth-order valence-corrected chi connectivity index (χ4v) is 3.84. The predicted octanol–water partition coefficient (Wildman–Crippen LogP) is 3.40. The number of fused-ring (bicyclic) bond motifs is 1. The van der Waals surface area contributed by atoms with Crippen molar-refractivity contribution in [2.45, 2.75) is 33.6 Å². The van der Waals surface area contributed by atoms with Gasteiger partial charge >= 0.3 is 0 Å². The summed E-state index contributed by atoms with van der Waals surface area (Å²) in [6, 6.07) is 1.98. The molecule has 1 fully saturated rings. The molecule has 146 valence electrons. The van der Waals surface area contributed by atoms with Crippen molar-refractivity contribution in [3.63, 3.8) is 0 Å². The molecular formula is C20H23ClN6O. The monoisotopic (exact) mass is 398 g/mol. The summed E-state index contributed by atoms with van der Waals surface area (Å²) in [6.45, 7) is 7.91. The predicted molar refractivity (Wildman–Crippen MR) is 110 cm³/mol. The SMILES string of the molecule is Cc1cc2c(ncn2-c2ncnc(N)c2Cl)c(CC(C)C)c1C(=O)N1CCC1. The van der Waals surface area contributed by atoms with Crippen LogP contribution in [0.15, 0.2) is 18.7 Å². The first kappa shape index (κ1) is 18.7. The molecule has 2 aromatic heterocycles. The highest BCUT2D eigenvalue weighted by atomic mass is 35.5. The number of aryl methyl sites for hydroxylation is 1. The van der Waals surface area contributed by atoms with E-state index >= 15 is 0 Å².